The highest BCUT2D eigenvalue weighted by atomic mass is 32.2. The van der Waals surface area contributed by atoms with E-state index in [2.05, 4.69) is 0 Å². The van der Waals surface area contributed by atoms with Gasteiger partial charge in [0.1, 0.15) is 23.4 Å². The standard InChI is InChI=1S/C19H19N3O6S2/c1-10(23)22(13-6-11-4-2-3-5-12(11)30-13)14-15(24)21-7-19(17(25)26,8-28-18(20)27)9-29-16(14)21/h2-6,14,16H,7-9H2,1H3,(H2,20,27)(H,25,26)/t14?,16-,19?/m1/s1. The Labute approximate surface area is 179 Å². The third-order valence-corrected chi connectivity index (χ3v) is 8.02. The van der Waals surface area contributed by atoms with Crippen LogP contribution in [0.3, 0.4) is 0 Å². The molecule has 3 heterocycles. The minimum absolute atomic E-state index is 0.110. The van der Waals surface area contributed by atoms with E-state index < -0.39 is 30.1 Å². The monoisotopic (exact) mass is 449 g/mol. The molecule has 1 aromatic carbocycles. The lowest BCUT2D eigenvalue weighted by Crippen LogP contribution is -2.74. The van der Waals surface area contributed by atoms with E-state index in [4.69, 9.17) is 10.5 Å². The number of nitrogens with zero attached hydrogens (tertiary/aromatic N) is 2. The maximum atomic E-state index is 13.0. The summed E-state index contributed by atoms with van der Waals surface area (Å²) >= 11 is 2.69. The molecule has 0 radical (unpaired) electrons. The predicted octanol–water partition coefficient (Wildman–Crippen LogP) is 1.70. The number of fused-ring (bicyclic) bond motifs is 2. The molecule has 0 saturated carbocycles. The van der Waals surface area contributed by atoms with Gasteiger partial charge in [-0.25, -0.2) is 4.79 Å². The van der Waals surface area contributed by atoms with E-state index in [0.717, 1.165) is 10.1 Å². The van der Waals surface area contributed by atoms with Crippen LogP contribution < -0.4 is 10.6 Å². The number of aliphatic carboxylic acids is 1. The summed E-state index contributed by atoms with van der Waals surface area (Å²) < 4.78 is 5.75. The SMILES string of the molecule is CC(=O)N(c1cc2ccccc2s1)C1C(=O)N2CC(COC(N)=O)(C(=O)O)CS[C@H]12. The molecule has 11 heteroatoms. The van der Waals surface area contributed by atoms with Gasteiger partial charge in [-0.05, 0) is 17.5 Å². The maximum absolute atomic E-state index is 13.0. The molecule has 0 aliphatic carbocycles. The first kappa shape index (κ1) is 20.5. The molecule has 4 rings (SSSR count). The number of carbonyl (C=O) groups is 4. The summed E-state index contributed by atoms with van der Waals surface area (Å²) in [6, 6.07) is 8.89. The summed E-state index contributed by atoms with van der Waals surface area (Å²) in [6.07, 6.45) is -1.07. The molecule has 3 atom stereocenters. The number of β-lactam (4-membered cyclic amide) rings is 1. The van der Waals surface area contributed by atoms with Crippen LogP contribution in [0.25, 0.3) is 10.1 Å². The number of thioether (sulfide) groups is 1. The molecule has 2 unspecified atom stereocenters. The van der Waals surface area contributed by atoms with Crippen molar-refractivity contribution in [2.45, 2.75) is 18.3 Å². The number of carboxylic acid groups (broad SMARTS) is 1. The second kappa shape index (κ2) is 7.47. The number of primary amides is 1. The zero-order valence-corrected chi connectivity index (χ0v) is 17.6. The van der Waals surface area contributed by atoms with Crippen molar-refractivity contribution in [1.29, 1.82) is 0 Å². The number of anilines is 1. The lowest BCUT2D eigenvalue weighted by atomic mass is 9.88. The topological polar surface area (TPSA) is 130 Å². The van der Waals surface area contributed by atoms with Gasteiger partial charge in [-0.3, -0.25) is 19.3 Å². The zero-order valence-electron chi connectivity index (χ0n) is 15.9. The van der Waals surface area contributed by atoms with E-state index in [1.807, 2.05) is 30.3 Å². The van der Waals surface area contributed by atoms with Gasteiger partial charge in [-0.2, -0.15) is 0 Å². The normalized spacial score (nSPS) is 25.4. The summed E-state index contributed by atoms with van der Waals surface area (Å²) in [5, 5.41) is 11.0. The molecule has 2 aromatic rings. The Morgan fingerprint density at radius 1 is 1.37 bits per heavy atom. The van der Waals surface area contributed by atoms with E-state index in [9.17, 15) is 24.3 Å². The number of carbonyl (C=O) groups excluding carboxylic acids is 3. The highest BCUT2D eigenvalue weighted by molar-refractivity contribution is 8.00. The van der Waals surface area contributed by atoms with Crippen molar-refractivity contribution in [1.82, 2.24) is 4.90 Å². The van der Waals surface area contributed by atoms with E-state index >= 15 is 0 Å². The molecule has 2 aliphatic rings. The van der Waals surface area contributed by atoms with Gasteiger partial charge < -0.3 is 20.5 Å². The quantitative estimate of drug-likeness (QED) is 0.665. The average molecular weight is 450 g/mol. The Bertz CT molecular complexity index is 1020. The van der Waals surface area contributed by atoms with Gasteiger partial charge >= 0.3 is 12.1 Å². The molecule has 1 aromatic heterocycles. The summed E-state index contributed by atoms with van der Waals surface area (Å²) in [7, 11) is 0. The van der Waals surface area contributed by atoms with E-state index in [1.54, 1.807) is 0 Å². The maximum Gasteiger partial charge on any atom is 0.404 e. The van der Waals surface area contributed by atoms with Crippen LogP contribution in [0.5, 0.6) is 0 Å². The summed E-state index contributed by atoms with van der Waals surface area (Å²) in [5.74, 6) is -1.63. The van der Waals surface area contributed by atoms with Gasteiger partial charge in [0.2, 0.25) is 11.8 Å². The Hall–Kier alpha value is -2.79. The van der Waals surface area contributed by atoms with Gasteiger partial charge in [-0.15, -0.1) is 23.1 Å². The summed E-state index contributed by atoms with van der Waals surface area (Å²) in [6.45, 7) is 0.884. The van der Waals surface area contributed by atoms with Crippen LogP contribution in [-0.2, 0) is 19.1 Å². The molecule has 3 amide bonds. The zero-order chi connectivity index (χ0) is 21.6. The molecule has 30 heavy (non-hydrogen) atoms. The lowest BCUT2D eigenvalue weighted by molar-refractivity contribution is -0.159. The van der Waals surface area contributed by atoms with E-state index in [-0.39, 0.29) is 29.5 Å². The van der Waals surface area contributed by atoms with Crippen molar-refractivity contribution in [3.05, 3.63) is 30.3 Å². The number of hydrogen-bond donors (Lipinski definition) is 2. The van der Waals surface area contributed by atoms with Crippen molar-refractivity contribution in [3.63, 3.8) is 0 Å². The van der Waals surface area contributed by atoms with Crippen LogP contribution in [0.15, 0.2) is 30.3 Å². The molecular weight excluding hydrogens is 430 g/mol. The summed E-state index contributed by atoms with van der Waals surface area (Å²) in [4.78, 5) is 51.2. The van der Waals surface area contributed by atoms with Crippen LogP contribution >= 0.6 is 23.1 Å². The minimum atomic E-state index is -1.44. The Kier molecular flexibility index (Phi) is 5.10. The highest BCUT2D eigenvalue weighted by Crippen LogP contribution is 2.46. The number of carboxylic acids is 1. The number of thiophene rings is 1. The molecular formula is C19H19N3O6S2. The molecule has 2 aliphatic heterocycles. The van der Waals surface area contributed by atoms with Crippen LogP contribution in [0.2, 0.25) is 0 Å². The number of benzene rings is 1. The number of nitrogens with two attached hydrogens (primary N) is 1. The van der Waals surface area contributed by atoms with Crippen molar-refractivity contribution >= 4 is 62.1 Å². The third kappa shape index (κ3) is 3.27. The number of rotatable bonds is 5. The molecule has 2 fully saturated rings. The highest BCUT2D eigenvalue weighted by Gasteiger charge is 2.60. The lowest BCUT2D eigenvalue weighted by Gasteiger charge is -2.55. The molecule has 158 valence electrons. The first-order valence-electron chi connectivity index (χ1n) is 9.10. The average Bonchev–Trinajstić information content (AvgIpc) is 3.13. The molecule has 0 spiro atoms. The smallest absolute Gasteiger partial charge is 0.404 e. The van der Waals surface area contributed by atoms with E-state index in [1.165, 1.54) is 39.8 Å². The van der Waals surface area contributed by atoms with E-state index in [0.29, 0.717) is 5.00 Å². The van der Waals surface area contributed by atoms with Gasteiger partial charge in [0.05, 0.1) is 5.00 Å². The minimum Gasteiger partial charge on any atom is -0.481 e. The first-order chi connectivity index (χ1) is 14.2. The fourth-order valence-electron chi connectivity index (χ4n) is 3.77. The first-order valence-corrected chi connectivity index (χ1v) is 11.0. The second-order valence-electron chi connectivity index (χ2n) is 7.32. The summed E-state index contributed by atoms with van der Waals surface area (Å²) in [5.41, 5.74) is 3.54. The van der Waals surface area contributed by atoms with Crippen LogP contribution in [0.1, 0.15) is 6.92 Å². The number of ether oxygens (including phenoxy) is 1. The van der Waals surface area contributed by atoms with Crippen LogP contribution in [0.4, 0.5) is 9.80 Å². The predicted molar refractivity (Wildman–Crippen MR) is 112 cm³/mol. The number of amides is 3. The Morgan fingerprint density at radius 2 is 2.10 bits per heavy atom. The van der Waals surface area contributed by atoms with Gasteiger partial charge in [0, 0.05) is 23.9 Å². The van der Waals surface area contributed by atoms with Crippen molar-refractivity contribution in [3.8, 4) is 0 Å². The number of hydrogen-bond acceptors (Lipinski definition) is 7. The van der Waals surface area contributed by atoms with Crippen LogP contribution in [-0.4, -0.2) is 64.2 Å². The molecule has 0 bridgehead atoms. The van der Waals surface area contributed by atoms with Crippen molar-refractivity contribution in [2.24, 2.45) is 11.1 Å². The molecule has 2 saturated heterocycles. The molecule has 3 N–H and O–H groups in total. The second-order valence-corrected chi connectivity index (χ2v) is 9.48. The van der Waals surface area contributed by atoms with Crippen molar-refractivity contribution in [2.75, 3.05) is 23.8 Å². The Balaban J connectivity index is 1.59. The van der Waals surface area contributed by atoms with Gasteiger partial charge in [0.25, 0.3) is 0 Å². The fraction of sp³-hybridized carbons (Fsp3) is 0.368. The van der Waals surface area contributed by atoms with Gasteiger partial charge in [-0.1, -0.05) is 18.2 Å². The Morgan fingerprint density at radius 3 is 2.73 bits per heavy atom. The van der Waals surface area contributed by atoms with Crippen molar-refractivity contribution < 1.29 is 29.0 Å². The third-order valence-electron chi connectivity index (χ3n) is 5.33. The largest absolute Gasteiger partial charge is 0.481 e. The van der Waals surface area contributed by atoms with Crippen LogP contribution in [0, 0.1) is 5.41 Å². The fourth-order valence-corrected chi connectivity index (χ4v) is 6.48. The molecule has 9 nitrogen and oxygen atoms in total. The van der Waals surface area contributed by atoms with Gasteiger partial charge in [0.15, 0.2) is 0 Å².